The van der Waals surface area contributed by atoms with Crippen molar-refractivity contribution in [2.45, 2.75) is 38.3 Å². The molecule has 1 saturated heterocycles. The van der Waals surface area contributed by atoms with Gasteiger partial charge in [0.25, 0.3) is 5.91 Å². The highest BCUT2D eigenvalue weighted by Crippen LogP contribution is 2.29. The second-order valence-corrected chi connectivity index (χ2v) is 9.81. The van der Waals surface area contributed by atoms with Gasteiger partial charge in [-0.2, -0.15) is 5.10 Å². The largest absolute Gasteiger partial charge is 0.448 e. The van der Waals surface area contributed by atoms with Crippen LogP contribution in [-0.2, 0) is 13.0 Å². The molecule has 1 aliphatic heterocycles. The lowest BCUT2D eigenvalue weighted by Crippen LogP contribution is -2.45. The third kappa shape index (κ3) is 5.80. The molecular formula is C29H32FN5O2. The maximum atomic E-state index is 14.0. The standard InChI is InChI=1S/C29H32FN5O2/c1-33(2)16-17-34-19-25(21-11-13-23(30)14-12-21)28(32-34)29(36)35-15-7-6-10-24(35)18-27-31-26(20-37-27)22-8-4-3-5-9-22/h3-5,8-9,11-14,19-20,24H,6-7,10,15-18H2,1-2H3. The zero-order valence-electron chi connectivity index (χ0n) is 21.3. The Labute approximate surface area is 216 Å². The minimum absolute atomic E-state index is 0.0310. The summed E-state index contributed by atoms with van der Waals surface area (Å²) in [5.74, 6) is 0.204. The van der Waals surface area contributed by atoms with Crippen molar-refractivity contribution in [2.75, 3.05) is 27.2 Å². The van der Waals surface area contributed by atoms with Crippen molar-refractivity contribution in [3.8, 4) is 22.4 Å². The summed E-state index contributed by atoms with van der Waals surface area (Å²) >= 11 is 0. The second kappa shape index (κ2) is 11.1. The predicted molar refractivity (Wildman–Crippen MR) is 140 cm³/mol. The number of piperidine rings is 1. The highest BCUT2D eigenvalue weighted by atomic mass is 19.1. The van der Waals surface area contributed by atoms with E-state index in [-0.39, 0.29) is 17.8 Å². The predicted octanol–water partition coefficient (Wildman–Crippen LogP) is 5.14. The monoisotopic (exact) mass is 501 g/mol. The number of oxazole rings is 1. The molecule has 8 heteroatoms. The van der Waals surface area contributed by atoms with E-state index in [1.54, 1.807) is 18.4 Å². The number of carbonyl (C=O) groups is 1. The Morgan fingerprint density at radius 1 is 1.08 bits per heavy atom. The maximum absolute atomic E-state index is 14.0. The molecule has 3 heterocycles. The Kier molecular flexibility index (Phi) is 7.46. The van der Waals surface area contributed by atoms with Crippen molar-refractivity contribution in [2.24, 2.45) is 0 Å². The fraction of sp³-hybridized carbons (Fsp3) is 0.345. The van der Waals surface area contributed by atoms with Crippen LogP contribution in [0.15, 0.2) is 71.5 Å². The number of halogens is 1. The minimum Gasteiger partial charge on any atom is -0.448 e. The molecule has 2 aromatic carbocycles. The number of amides is 1. The van der Waals surface area contributed by atoms with Crippen molar-refractivity contribution in [3.05, 3.63) is 84.5 Å². The topological polar surface area (TPSA) is 67.4 Å². The molecule has 37 heavy (non-hydrogen) atoms. The molecule has 4 aromatic rings. The summed E-state index contributed by atoms with van der Waals surface area (Å²) in [4.78, 5) is 22.6. The van der Waals surface area contributed by atoms with Gasteiger partial charge in [0, 0.05) is 42.9 Å². The van der Waals surface area contributed by atoms with E-state index in [4.69, 9.17) is 14.5 Å². The third-order valence-corrected chi connectivity index (χ3v) is 6.82. The van der Waals surface area contributed by atoms with E-state index in [1.807, 2.05) is 60.2 Å². The summed E-state index contributed by atoms with van der Waals surface area (Å²) < 4.78 is 21.2. The van der Waals surface area contributed by atoms with Crippen molar-refractivity contribution in [3.63, 3.8) is 0 Å². The SMILES string of the molecule is CN(C)CCn1cc(-c2ccc(F)cc2)c(C(=O)N2CCCCC2Cc2nc(-c3ccccc3)co2)n1. The highest BCUT2D eigenvalue weighted by molar-refractivity contribution is 5.99. The van der Waals surface area contributed by atoms with E-state index in [1.165, 1.54) is 12.1 Å². The molecule has 1 fully saturated rings. The smallest absolute Gasteiger partial charge is 0.275 e. The van der Waals surface area contributed by atoms with Gasteiger partial charge in [0.1, 0.15) is 17.8 Å². The molecule has 5 rings (SSSR count). The van der Waals surface area contributed by atoms with Crippen LogP contribution in [0.2, 0.25) is 0 Å². The summed E-state index contributed by atoms with van der Waals surface area (Å²) in [7, 11) is 4.00. The first-order valence-electron chi connectivity index (χ1n) is 12.8. The molecule has 0 aliphatic carbocycles. The Bertz CT molecular complexity index is 1330. The number of likely N-dealkylation sites (tertiary alicyclic amines) is 1. The van der Waals surface area contributed by atoms with Crippen molar-refractivity contribution < 1.29 is 13.6 Å². The lowest BCUT2D eigenvalue weighted by Gasteiger charge is -2.35. The fourth-order valence-electron chi connectivity index (χ4n) is 4.80. The molecule has 192 valence electrons. The van der Waals surface area contributed by atoms with E-state index in [0.717, 1.165) is 48.2 Å². The molecule has 0 N–H and O–H groups in total. The van der Waals surface area contributed by atoms with Crippen molar-refractivity contribution >= 4 is 5.91 Å². The Hall–Kier alpha value is -3.78. The summed E-state index contributed by atoms with van der Waals surface area (Å²) in [5, 5.41) is 4.71. The lowest BCUT2D eigenvalue weighted by molar-refractivity contribution is 0.0599. The van der Waals surface area contributed by atoms with E-state index in [2.05, 4.69) is 4.90 Å². The number of carbonyl (C=O) groups excluding carboxylic acids is 1. The second-order valence-electron chi connectivity index (χ2n) is 9.81. The number of nitrogens with zero attached hydrogens (tertiary/aromatic N) is 5. The Balaban J connectivity index is 1.41. The molecule has 1 aliphatic rings. The summed E-state index contributed by atoms with van der Waals surface area (Å²) in [6.45, 7) is 2.10. The fourth-order valence-corrected chi connectivity index (χ4v) is 4.80. The van der Waals surface area contributed by atoms with Crippen LogP contribution in [0, 0.1) is 5.82 Å². The lowest BCUT2D eigenvalue weighted by atomic mass is 9.97. The van der Waals surface area contributed by atoms with Crippen LogP contribution >= 0.6 is 0 Å². The van der Waals surface area contributed by atoms with E-state index in [0.29, 0.717) is 31.1 Å². The van der Waals surface area contributed by atoms with Gasteiger partial charge in [-0.3, -0.25) is 9.48 Å². The average molecular weight is 502 g/mol. The zero-order valence-corrected chi connectivity index (χ0v) is 21.3. The molecular weight excluding hydrogens is 469 g/mol. The van der Waals surface area contributed by atoms with Crippen LogP contribution in [0.1, 0.15) is 35.6 Å². The van der Waals surface area contributed by atoms with E-state index >= 15 is 0 Å². The van der Waals surface area contributed by atoms with Crippen LogP contribution in [0.5, 0.6) is 0 Å². The van der Waals surface area contributed by atoms with Gasteiger partial charge >= 0.3 is 0 Å². The molecule has 1 unspecified atom stereocenters. The minimum atomic E-state index is -0.312. The van der Waals surface area contributed by atoms with E-state index < -0.39 is 0 Å². The molecule has 1 amide bonds. The van der Waals surface area contributed by atoms with Gasteiger partial charge in [0.15, 0.2) is 11.6 Å². The molecule has 2 aromatic heterocycles. The van der Waals surface area contributed by atoms with Crippen LogP contribution in [0.25, 0.3) is 22.4 Å². The summed E-state index contributed by atoms with van der Waals surface area (Å²) in [5.41, 5.74) is 3.68. The van der Waals surface area contributed by atoms with Crippen LogP contribution < -0.4 is 0 Å². The molecule has 1 atom stereocenters. The number of hydrogen-bond donors (Lipinski definition) is 0. The number of hydrogen-bond acceptors (Lipinski definition) is 5. The van der Waals surface area contributed by atoms with Crippen LogP contribution in [0.3, 0.4) is 0 Å². The first-order valence-corrected chi connectivity index (χ1v) is 12.8. The zero-order chi connectivity index (χ0) is 25.8. The molecule has 0 saturated carbocycles. The van der Waals surface area contributed by atoms with E-state index in [9.17, 15) is 9.18 Å². The maximum Gasteiger partial charge on any atom is 0.275 e. The number of aromatic nitrogens is 3. The number of benzene rings is 2. The molecule has 0 bridgehead atoms. The van der Waals surface area contributed by atoms with Gasteiger partial charge in [-0.15, -0.1) is 0 Å². The Morgan fingerprint density at radius 2 is 1.86 bits per heavy atom. The van der Waals surface area contributed by atoms with Gasteiger partial charge in [0.2, 0.25) is 0 Å². The first kappa shape index (κ1) is 24.9. The van der Waals surface area contributed by atoms with Crippen molar-refractivity contribution in [1.29, 1.82) is 0 Å². The summed E-state index contributed by atoms with van der Waals surface area (Å²) in [6, 6.07) is 16.1. The van der Waals surface area contributed by atoms with Crippen LogP contribution in [0.4, 0.5) is 4.39 Å². The highest BCUT2D eigenvalue weighted by Gasteiger charge is 2.32. The average Bonchev–Trinajstić information content (AvgIpc) is 3.56. The van der Waals surface area contributed by atoms with Gasteiger partial charge in [0.05, 0.1) is 6.54 Å². The van der Waals surface area contributed by atoms with Gasteiger partial charge in [-0.05, 0) is 51.1 Å². The number of rotatable bonds is 8. The Morgan fingerprint density at radius 3 is 2.62 bits per heavy atom. The van der Waals surface area contributed by atoms with Gasteiger partial charge in [-0.1, -0.05) is 42.5 Å². The first-order chi connectivity index (χ1) is 18.0. The van der Waals surface area contributed by atoms with Crippen LogP contribution in [-0.4, -0.2) is 63.7 Å². The normalized spacial score (nSPS) is 15.9. The molecule has 0 radical (unpaired) electrons. The number of likely N-dealkylation sites (N-methyl/N-ethyl adjacent to an activating group) is 1. The quantitative estimate of drug-likeness (QED) is 0.334. The molecule has 7 nitrogen and oxygen atoms in total. The van der Waals surface area contributed by atoms with Gasteiger partial charge in [-0.25, -0.2) is 9.37 Å². The molecule has 0 spiro atoms. The summed E-state index contributed by atoms with van der Waals surface area (Å²) in [6.07, 6.45) is 6.98. The van der Waals surface area contributed by atoms with Crippen molar-refractivity contribution in [1.82, 2.24) is 24.6 Å². The third-order valence-electron chi connectivity index (χ3n) is 6.82. The van der Waals surface area contributed by atoms with Gasteiger partial charge < -0.3 is 14.2 Å².